The normalized spacial score (nSPS) is 16.6. The van der Waals surface area contributed by atoms with Crippen molar-refractivity contribution in [3.8, 4) is 6.07 Å². The van der Waals surface area contributed by atoms with Crippen LogP contribution in [0, 0.1) is 22.7 Å². The Kier molecular flexibility index (Phi) is 4.71. The van der Waals surface area contributed by atoms with Crippen LogP contribution in [0.2, 0.25) is 0 Å². The Bertz CT molecular complexity index is 367. The van der Waals surface area contributed by atoms with Crippen LogP contribution in [0.25, 0.3) is 0 Å². The summed E-state index contributed by atoms with van der Waals surface area (Å²) in [7, 11) is 1.58. The zero-order chi connectivity index (χ0) is 13.8. The molecule has 0 aromatic heterocycles. The predicted molar refractivity (Wildman–Crippen MR) is 67.4 cm³/mol. The first-order chi connectivity index (χ1) is 8.41. The molecule has 1 N–H and O–H groups in total. The number of nitrogens with one attached hydrogen (secondary N) is 1. The summed E-state index contributed by atoms with van der Waals surface area (Å²) in [6.07, 6.45) is 2.13. The number of carbonyl (C=O) groups excluding carboxylic acids is 2. The largest absolute Gasteiger partial charge is 0.354 e. The monoisotopic (exact) mass is 251 g/mol. The third-order valence-electron chi connectivity index (χ3n) is 3.27. The fourth-order valence-electron chi connectivity index (χ4n) is 1.93. The average Bonchev–Trinajstić information content (AvgIpc) is 2.25. The molecule has 1 rings (SSSR count). The van der Waals surface area contributed by atoms with Gasteiger partial charge in [0, 0.05) is 13.6 Å². The molecule has 1 fully saturated rings. The van der Waals surface area contributed by atoms with Gasteiger partial charge in [-0.25, -0.2) is 0 Å². The lowest BCUT2D eigenvalue weighted by Gasteiger charge is -2.36. The molecule has 0 aromatic carbocycles. The Hall–Kier alpha value is -1.57. The highest BCUT2D eigenvalue weighted by molar-refractivity contribution is 5.90. The number of hydrogen-bond acceptors (Lipinski definition) is 3. The molecule has 100 valence electrons. The Labute approximate surface area is 108 Å². The first-order valence-electron chi connectivity index (χ1n) is 6.35. The minimum absolute atomic E-state index is 0.0228. The van der Waals surface area contributed by atoms with Crippen molar-refractivity contribution in [1.82, 2.24) is 10.2 Å². The molecule has 0 saturated heterocycles. The third kappa shape index (κ3) is 3.22. The smallest absolute Gasteiger partial charge is 0.243 e. The van der Waals surface area contributed by atoms with Crippen LogP contribution in [0.1, 0.15) is 33.1 Å². The molecule has 1 saturated carbocycles. The van der Waals surface area contributed by atoms with Gasteiger partial charge in [-0.2, -0.15) is 5.26 Å². The number of nitrogens with zero attached hydrogens (tertiary/aromatic N) is 2. The van der Waals surface area contributed by atoms with E-state index in [1.165, 1.54) is 4.90 Å². The maximum absolute atomic E-state index is 12.1. The second kappa shape index (κ2) is 5.85. The Morgan fingerprint density at radius 3 is 2.44 bits per heavy atom. The fourth-order valence-corrected chi connectivity index (χ4v) is 1.93. The zero-order valence-electron chi connectivity index (χ0n) is 11.3. The highest BCUT2D eigenvalue weighted by Gasteiger charge is 2.46. The van der Waals surface area contributed by atoms with Gasteiger partial charge in [0.05, 0.1) is 12.6 Å². The third-order valence-corrected chi connectivity index (χ3v) is 3.27. The summed E-state index contributed by atoms with van der Waals surface area (Å²) in [4.78, 5) is 25.0. The van der Waals surface area contributed by atoms with Crippen LogP contribution < -0.4 is 5.32 Å². The van der Waals surface area contributed by atoms with E-state index in [4.69, 9.17) is 5.26 Å². The SMILES string of the molecule is CC(C)CNC(=O)CN(C)C(=O)C1(C#N)CCC1. The molecule has 5 heteroatoms. The molecule has 0 radical (unpaired) electrons. The van der Waals surface area contributed by atoms with Crippen molar-refractivity contribution in [2.75, 3.05) is 20.1 Å². The first-order valence-corrected chi connectivity index (χ1v) is 6.35. The van der Waals surface area contributed by atoms with Crippen molar-refractivity contribution in [1.29, 1.82) is 5.26 Å². The molecule has 5 nitrogen and oxygen atoms in total. The summed E-state index contributed by atoms with van der Waals surface area (Å²) in [5.41, 5.74) is -0.868. The maximum atomic E-state index is 12.1. The van der Waals surface area contributed by atoms with E-state index in [0.717, 1.165) is 6.42 Å². The lowest BCUT2D eigenvalue weighted by atomic mass is 9.69. The molecular weight excluding hydrogens is 230 g/mol. The molecule has 18 heavy (non-hydrogen) atoms. The number of nitriles is 1. The molecule has 0 spiro atoms. The van der Waals surface area contributed by atoms with E-state index in [1.54, 1.807) is 7.05 Å². The van der Waals surface area contributed by atoms with Crippen molar-refractivity contribution in [3.63, 3.8) is 0 Å². The Balaban J connectivity index is 2.45. The number of likely N-dealkylation sites (N-methyl/N-ethyl adjacent to an activating group) is 1. The van der Waals surface area contributed by atoms with Crippen molar-refractivity contribution in [3.05, 3.63) is 0 Å². The van der Waals surface area contributed by atoms with Gasteiger partial charge in [-0.1, -0.05) is 13.8 Å². The number of rotatable bonds is 5. The predicted octanol–water partition coefficient (Wildman–Crippen LogP) is 0.911. The number of hydrogen-bond donors (Lipinski definition) is 1. The second-order valence-electron chi connectivity index (χ2n) is 5.41. The van der Waals surface area contributed by atoms with E-state index >= 15 is 0 Å². The molecule has 2 amide bonds. The summed E-state index contributed by atoms with van der Waals surface area (Å²) in [5.74, 6) is -0.0186. The minimum atomic E-state index is -0.868. The molecule has 0 unspecified atom stereocenters. The quantitative estimate of drug-likeness (QED) is 0.789. The van der Waals surface area contributed by atoms with Gasteiger partial charge in [-0.3, -0.25) is 9.59 Å². The lowest BCUT2D eigenvalue weighted by Crippen LogP contribution is -2.48. The molecule has 1 aliphatic rings. The standard InChI is InChI=1S/C13H21N3O2/c1-10(2)7-15-11(17)8-16(3)12(18)13(9-14)5-4-6-13/h10H,4-8H2,1-3H3,(H,15,17). The molecule has 0 bridgehead atoms. The van der Waals surface area contributed by atoms with Gasteiger partial charge in [0.15, 0.2) is 0 Å². The Morgan fingerprint density at radius 1 is 1.44 bits per heavy atom. The van der Waals surface area contributed by atoms with E-state index in [0.29, 0.717) is 25.3 Å². The van der Waals surface area contributed by atoms with Crippen LogP contribution in [0.4, 0.5) is 0 Å². The maximum Gasteiger partial charge on any atom is 0.243 e. The summed E-state index contributed by atoms with van der Waals surface area (Å²) >= 11 is 0. The fraction of sp³-hybridized carbons (Fsp3) is 0.769. The molecule has 0 heterocycles. The van der Waals surface area contributed by atoms with Crippen LogP contribution >= 0.6 is 0 Å². The van der Waals surface area contributed by atoms with Crippen LogP contribution in [0.3, 0.4) is 0 Å². The molecule has 0 aromatic rings. The van der Waals surface area contributed by atoms with Crippen LogP contribution in [-0.4, -0.2) is 36.9 Å². The van der Waals surface area contributed by atoms with E-state index in [2.05, 4.69) is 11.4 Å². The minimum Gasteiger partial charge on any atom is -0.354 e. The highest BCUT2D eigenvalue weighted by atomic mass is 16.2. The molecule has 0 aliphatic heterocycles. The topological polar surface area (TPSA) is 73.2 Å². The van der Waals surface area contributed by atoms with Crippen LogP contribution in [0.5, 0.6) is 0 Å². The average molecular weight is 251 g/mol. The number of amides is 2. The van der Waals surface area contributed by atoms with E-state index < -0.39 is 5.41 Å². The van der Waals surface area contributed by atoms with Gasteiger partial charge < -0.3 is 10.2 Å². The first kappa shape index (κ1) is 14.5. The Morgan fingerprint density at radius 2 is 2.06 bits per heavy atom. The van der Waals surface area contributed by atoms with E-state index in [9.17, 15) is 9.59 Å². The van der Waals surface area contributed by atoms with Crippen molar-refractivity contribution in [2.45, 2.75) is 33.1 Å². The van der Waals surface area contributed by atoms with Gasteiger partial charge in [0.2, 0.25) is 11.8 Å². The van der Waals surface area contributed by atoms with E-state index in [-0.39, 0.29) is 18.4 Å². The van der Waals surface area contributed by atoms with Crippen molar-refractivity contribution in [2.24, 2.45) is 11.3 Å². The second-order valence-corrected chi connectivity index (χ2v) is 5.41. The van der Waals surface area contributed by atoms with Crippen molar-refractivity contribution >= 4 is 11.8 Å². The number of carbonyl (C=O) groups is 2. The molecular formula is C13H21N3O2. The van der Waals surface area contributed by atoms with Crippen molar-refractivity contribution < 1.29 is 9.59 Å². The summed E-state index contributed by atoms with van der Waals surface area (Å²) in [6, 6.07) is 2.10. The van der Waals surface area contributed by atoms with Gasteiger partial charge in [-0.15, -0.1) is 0 Å². The summed E-state index contributed by atoms with van der Waals surface area (Å²) < 4.78 is 0. The van der Waals surface area contributed by atoms with Gasteiger partial charge in [-0.05, 0) is 25.2 Å². The van der Waals surface area contributed by atoms with Gasteiger partial charge in [0.25, 0.3) is 0 Å². The lowest BCUT2D eigenvalue weighted by molar-refractivity contribution is -0.144. The molecule has 0 atom stereocenters. The van der Waals surface area contributed by atoms with E-state index in [1.807, 2.05) is 13.8 Å². The molecule has 1 aliphatic carbocycles. The van der Waals surface area contributed by atoms with Gasteiger partial charge in [0.1, 0.15) is 5.41 Å². The zero-order valence-corrected chi connectivity index (χ0v) is 11.3. The van der Waals surface area contributed by atoms with Gasteiger partial charge >= 0.3 is 0 Å². The van der Waals surface area contributed by atoms with Crippen LogP contribution in [-0.2, 0) is 9.59 Å². The summed E-state index contributed by atoms with van der Waals surface area (Å²) in [5, 5.41) is 11.8. The highest BCUT2D eigenvalue weighted by Crippen LogP contribution is 2.41. The summed E-state index contributed by atoms with van der Waals surface area (Å²) in [6.45, 7) is 4.64. The van der Waals surface area contributed by atoms with Crippen LogP contribution in [0.15, 0.2) is 0 Å².